The third-order valence-corrected chi connectivity index (χ3v) is 5.24. The minimum Gasteiger partial charge on any atom is -0.497 e. The van der Waals surface area contributed by atoms with Crippen molar-refractivity contribution in [2.24, 2.45) is 0 Å². The Morgan fingerprint density at radius 2 is 1.83 bits per heavy atom. The average Bonchev–Trinajstić information content (AvgIpc) is 3.41. The van der Waals surface area contributed by atoms with Crippen LogP contribution >= 0.6 is 11.6 Å². The lowest BCUT2D eigenvalue weighted by atomic mass is 10.1. The molecule has 0 radical (unpaired) electrons. The molecule has 0 saturated heterocycles. The molecule has 2 aromatic carbocycles. The summed E-state index contributed by atoms with van der Waals surface area (Å²) in [6, 6.07) is 15.6. The molecule has 0 unspecified atom stereocenters. The molecule has 0 saturated carbocycles. The molecule has 6 nitrogen and oxygen atoms in total. The van der Waals surface area contributed by atoms with Crippen LogP contribution in [0, 0.1) is 0 Å². The highest BCUT2D eigenvalue weighted by atomic mass is 35.5. The predicted octanol–water partition coefficient (Wildman–Crippen LogP) is 4.71. The Kier molecular flexibility index (Phi) is 6.16. The molecule has 4 aromatic rings. The highest BCUT2D eigenvalue weighted by molar-refractivity contribution is 6.33. The van der Waals surface area contributed by atoms with Gasteiger partial charge in [-0.3, -0.25) is 4.68 Å². The quantitative estimate of drug-likeness (QED) is 0.447. The summed E-state index contributed by atoms with van der Waals surface area (Å²) < 4.78 is 9.06. The van der Waals surface area contributed by atoms with Gasteiger partial charge in [-0.1, -0.05) is 29.8 Å². The first-order chi connectivity index (χ1) is 14.7. The second kappa shape index (κ2) is 9.15. The third kappa shape index (κ3) is 4.40. The number of ether oxygens (including phenoxy) is 1. The van der Waals surface area contributed by atoms with Gasteiger partial charge in [0.25, 0.3) is 0 Å². The average molecular weight is 422 g/mol. The second-order valence-electron chi connectivity index (χ2n) is 6.93. The molecule has 4 rings (SSSR count). The molecular weight excluding hydrogens is 398 g/mol. The van der Waals surface area contributed by atoms with E-state index in [-0.39, 0.29) is 0 Å². The zero-order valence-corrected chi connectivity index (χ0v) is 17.8. The Hall–Kier alpha value is -3.09. The first-order valence-electron chi connectivity index (χ1n) is 9.88. The summed E-state index contributed by atoms with van der Waals surface area (Å²) in [5.41, 5.74) is 4.97. The van der Waals surface area contributed by atoms with Crippen LogP contribution in [0.15, 0.2) is 67.1 Å². The number of rotatable bonds is 8. The molecule has 0 fully saturated rings. The third-order valence-electron chi connectivity index (χ3n) is 4.91. The van der Waals surface area contributed by atoms with Crippen molar-refractivity contribution in [1.29, 1.82) is 0 Å². The van der Waals surface area contributed by atoms with E-state index >= 15 is 0 Å². The van der Waals surface area contributed by atoms with Gasteiger partial charge >= 0.3 is 0 Å². The smallest absolute Gasteiger partial charge is 0.119 e. The number of hydrogen-bond donors (Lipinski definition) is 1. The molecule has 0 atom stereocenters. The van der Waals surface area contributed by atoms with Crippen LogP contribution in [0.5, 0.6) is 5.75 Å². The van der Waals surface area contributed by atoms with E-state index in [0.717, 1.165) is 46.9 Å². The number of nitrogens with zero attached hydrogens (tertiary/aromatic N) is 4. The first kappa shape index (κ1) is 20.2. The largest absolute Gasteiger partial charge is 0.497 e. The van der Waals surface area contributed by atoms with E-state index in [1.807, 2.05) is 70.3 Å². The van der Waals surface area contributed by atoms with Crippen LogP contribution in [-0.2, 0) is 19.6 Å². The number of aryl methyl sites for hydroxylation is 1. The monoisotopic (exact) mass is 421 g/mol. The zero-order chi connectivity index (χ0) is 20.9. The molecule has 0 spiro atoms. The topological polar surface area (TPSA) is 56.9 Å². The Labute approximate surface area is 181 Å². The molecule has 0 amide bonds. The summed E-state index contributed by atoms with van der Waals surface area (Å²) >= 11 is 6.48. The van der Waals surface area contributed by atoms with Gasteiger partial charge in [-0.05, 0) is 37.3 Å². The molecule has 0 bridgehead atoms. The van der Waals surface area contributed by atoms with Crippen LogP contribution in [0.4, 0.5) is 0 Å². The fourth-order valence-corrected chi connectivity index (χ4v) is 3.52. The van der Waals surface area contributed by atoms with Crippen LogP contribution < -0.4 is 10.1 Å². The summed E-state index contributed by atoms with van der Waals surface area (Å²) in [4.78, 5) is 0. The molecule has 0 aliphatic carbocycles. The predicted molar refractivity (Wildman–Crippen MR) is 119 cm³/mol. The second-order valence-corrected chi connectivity index (χ2v) is 7.34. The minimum absolute atomic E-state index is 0.661. The number of methoxy groups -OCH3 is 1. The first-order valence-corrected chi connectivity index (χ1v) is 10.3. The number of halogens is 1. The Morgan fingerprint density at radius 1 is 1.03 bits per heavy atom. The SMILES string of the molecule is CCn1cc(CNCc2cn(-c3ccc(OC)cc3)nc2-c2ccccc2Cl)cn1. The van der Waals surface area contributed by atoms with Gasteiger partial charge in [0, 0.05) is 48.7 Å². The lowest BCUT2D eigenvalue weighted by Gasteiger charge is -2.05. The maximum absolute atomic E-state index is 6.48. The van der Waals surface area contributed by atoms with E-state index in [1.54, 1.807) is 7.11 Å². The Bertz CT molecular complexity index is 1120. The fraction of sp³-hybridized carbons (Fsp3) is 0.217. The lowest BCUT2D eigenvalue weighted by Crippen LogP contribution is -2.12. The van der Waals surface area contributed by atoms with Gasteiger partial charge in [0.05, 0.1) is 29.7 Å². The number of nitrogens with one attached hydrogen (secondary N) is 1. The van der Waals surface area contributed by atoms with Gasteiger partial charge in [-0.15, -0.1) is 0 Å². The summed E-state index contributed by atoms with van der Waals surface area (Å²) in [7, 11) is 1.66. The van der Waals surface area contributed by atoms with Crippen molar-refractivity contribution in [1.82, 2.24) is 24.9 Å². The summed E-state index contributed by atoms with van der Waals surface area (Å²) in [5, 5.41) is 13.4. The van der Waals surface area contributed by atoms with Crippen molar-refractivity contribution in [2.45, 2.75) is 26.6 Å². The van der Waals surface area contributed by atoms with Gasteiger partial charge in [0.15, 0.2) is 0 Å². The highest BCUT2D eigenvalue weighted by Crippen LogP contribution is 2.30. The van der Waals surface area contributed by atoms with Gasteiger partial charge in [-0.25, -0.2) is 4.68 Å². The number of benzene rings is 2. The van der Waals surface area contributed by atoms with Crippen LogP contribution in [0.1, 0.15) is 18.1 Å². The zero-order valence-electron chi connectivity index (χ0n) is 17.0. The van der Waals surface area contributed by atoms with E-state index in [0.29, 0.717) is 11.6 Å². The standard InChI is InChI=1S/C23H24ClN5O/c1-3-28-15-17(13-26-28)12-25-14-18-16-29(19-8-10-20(30-2)11-9-19)27-23(18)21-6-4-5-7-22(21)24/h4-11,13,15-16,25H,3,12,14H2,1-2H3. The molecule has 2 heterocycles. The van der Waals surface area contributed by atoms with Crippen molar-refractivity contribution < 1.29 is 4.74 Å². The lowest BCUT2D eigenvalue weighted by molar-refractivity contribution is 0.414. The molecular formula is C23H24ClN5O. The number of hydrogen-bond acceptors (Lipinski definition) is 4. The molecule has 1 N–H and O–H groups in total. The van der Waals surface area contributed by atoms with Crippen molar-refractivity contribution in [3.05, 3.63) is 83.3 Å². The summed E-state index contributed by atoms with van der Waals surface area (Å²) in [5.74, 6) is 0.812. The van der Waals surface area contributed by atoms with E-state index in [2.05, 4.69) is 23.5 Å². The Morgan fingerprint density at radius 3 is 2.53 bits per heavy atom. The van der Waals surface area contributed by atoms with Crippen LogP contribution in [0.3, 0.4) is 0 Å². The van der Waals surface area contributed by atoms with Crippen molar-refractivity contribution in [3.8, 4) is 22.7 Å². The fourth-order valence-electron chi connectivity index (χ4n) is 3.30. The summed E-state index contributed by atoms with van der Waals surface area (Å²) in [6.45, 7) is 4.34. The molecule has 0 aliphatic heterocycles. The molecule has 7 heteroatoms. The van der Waals surface area contributed by atoms with E-state index in [9.17, 15) is 0 Å². The van der Waals surface area contributed by atoms with Gasteiger partial charge in [-0.2, -0.15) is 10.2 Å². The maximum atomic E-state index is 6.48. The molecule has 154 valence electrons. The van der Waals surface area contributed by atoms with Gasteiger partial charge in [0.2, 0.25) is 0 Å². The molecule has 30 heavy (non-hydrogen) atoms. The van der Waals surface area contributed by atoms with Crippen molar-refractivity contribution in [2.75, 3.05) is 7.11 Å². The van der Waals surface area contributed by atoms with Crippen molar-refractivity contribution in [3.63, 3.8) is 0 Å². The number of aromatic nitrogens is 4. The van der Waals surface area contributed by atoms with Crippen LogP contribution in [-0.4, -0.2) is 26.7 Å². The normalized spacial score (nSPS) is 11.0. The molecule has 2 aromatic heterocycles. The van der Waals surface area contributed by atoms with E-state index < -0.39 is 0 Å². The van der Waals surface area contributed by atoms with Crippen molar-refractivity contribution >= 4 is 11.6 Å². The van der Waals surface area contributed by atoms with E-state index in [4.69, 9.17) is 21.4 Å². The maximum Gasteiger partial charge on any atom is 0.119 e. The van der Waals surface area contributed by atoms with Gasteiger partial charge in [0.1, 0.15) is 5.75 Å². The van der Waals surface area contributed by atoms with Gasteiger partial charge < -0.3 is 10.1 Å². The van der Waals surface area contributed by atoms with Crippen LogP contribution in [0.25, 0.3) is 16.9 Å². The van der Waals surface area contributed by atoms with E-state index in [1.165, 1.54) is 0 Å². The highest BCUT2D eigenvalue weighted by Gasteiger charge is 2.15. The minimum atomic E-state index is 0.661. The summed E-state index contributed by atoms with van der Waals surface area (Å²) in [6.07, 6.45) is 6.00. The molecule has 0 aliphatic rings. The Balaban J connectivity index is 1.61. The van der Waals surface area contributed by atoms with Crippen LogP contribution in [0.2, 0.25) is 5.02 Å².